The SMILES string of the molecule is CCOc1ccc(NC(=O)c2sc3nc(-c4ccccc4)cn3c2C)cc1OCC. The second kappa shape index (κ2) is 8.59. The molecule has 4 rings (SSSR count). The number of aryl methyl sites for hydroxylation is 1. The van der Waals surface area contributed by atoms with Crippen molar-refractivity contribution < 1.29 is 14.3 Å². The number of aromatic nitrogens is 2. The van der Waals surface area contributed by atoms with Gasteiger partial charge in [0, 0.05) is 29.2 Å². The second-order valence-electron chi connectivity index (χ2n) is 6.64. The first-order valence-electron chi connectivity index (χ1n) is 9.85. The number of thiazole rings is 1. The normalized spacial score (nSPS) is 10.9. The molecular weight excluding hydrogens is 398 g/mol. The van der Waals surface area contributed by atoms with Gasteiger partial charge < -0.3 is 14.8 Å². The summed E-state index contributed by atoms with van der Waals surface area (Å²) >= 11 is 1.38. The van der Waals surface area contributed by atoms with E-state index in [0.29, 0.717) is 35.3 Å². The van der Waals surface area contributed by atoms with Gasteiger partial charge in [-0.05, 0) is 32.9 Å². The van der Waals surface area contributed by atoms with Gasteiger partial charge in [-0.15, -0.1) is 0 Å². The first kappa shape index (κ1) is 20.0. The Balaban J connectivity index is 1.58. The number of amides is 1. The molecule has 6 nitrogen and oxygen atoms in total. The van der Waals surface area contributed by atoms with E-state index in [0.717, 1.165) is 21.9 Å². The van der Waals surface area contributed by atoms with Crippen LogP contribution < -0.4 is 14.8 Å². The van der Waals surface area contributed by atoms with Crippen LogP contribution in [0.1, 0.15) is 29.2 Å². The van der Waals surface area contributed by atoms with Crippen molar-refractivity contribution in [2.45, 2.75) is 20.8 Å². The van der Waals surface area contributed by atoms with Gasteiger partial charge in [0.1, 0.15) is 4.88 Å². The van der Waals surface area contributed by atoms with Gasteiger partial charge >= 0.3 is 0 Å². The molecule has 2 aromatic carbocycles. The number of fused-ring (bicyclic) bond motifs is 1. The molecule has 0 aliphatic heterocycles. The van der Waals surface area contributed by atoms with Gasteiger partial charge in [0.05, 0.1) is 18.9 Å². The number of rotatable bonds is 7. The summed E-state index contributed by atoms with van der Waals surface area (Å²) in [5.41, 5.74) is 3.46. The lowest BCUT2D eigenvalue weighted by atomic mass is 10.2. The van der Waals surface area contributed by atoms with Crippen molar-refractivity contribution >= 4 is 27.9 Å². The van der Waals surface area contributed by atoms with Gasteiger partial charge in [0.15, 0.2) is 16.5 Å². The van der Waals surface area contributed by atoms with Crippen LogP contribution in [0.5, 0.6) is 11.5 Å². The maximum Gasteiger partial charge on any atom is 0.267 e. The van der Waals surface area contributed by atoms with Gasteiger partial charge in [-0.25, -0.2) is 4.98 Å². The molecule has 0 fully saturated rings. The van der Waals surface area contributed by atoms with E-state index in [1.165, 1.54) is 11.3 Å². The fourth-order valence-corrected chi connectivity index (χ4v) is 4.23. The van der Waals surface area contributed by atoms with Crippen LogP contribution in [0, 0.1) is 6.92 Å². The smallest absolute Gasteiger partial charge is 0.267 e. The third-order valence-electron chi connectivity index (χ3n) is 4.63. The summed E-state index contributed by atoms with van der Waals surface area (Å²) in [5, 5.41) is 2.96. The minimum atomic E-state index is -0.170. The van der Waals surface area contributed by atoms with Gasteiger partial charge in [-0.3, -0.25) is 9.20 Å². The summed E-state index contributed by atoms with van der Waals surface area (Å²) in [4.78, 5) is 19.0. The van der Waals surface area contributed by atoms with Crippen LogP contribution in [0.15, 0.2) is 54.7 Å². The number of ether oxygens (including phenoxy) is 2. The number of carbonyl (C=O) groups is 1. The average Bonchev–Trinajstić information content (AvgIpc) is 3.30. The highest BCUT2D eigenvalue weighted by molar-refractivity contribution is 7.19. The Morgan fingerprint density at radius 1 is 1.07 bits per heavy atom. The lowest BCUT2D eigenvalue weighted by Crippen LogP contribution is -2.12. The Morgan fingerprint density at radius 3 is 2.50 bits per heavy atom. The third-order valence-corrected chi connectivity index (χ3v) is 5.79. The summed E-state index contributed by atoms with van der Waals surface area (Å²) in [6, 6.07) is 15.4. The van der Waals surface area contributed by atoms with Gasteiger partial charge in [0.2, 0.25) is 0 Å². The fraction of sp³-hybridized carbons (Fsp3) is 0.217. The summed E-state index contributed by atoms with van der Waals surface area (Å²) in [6.07, 6.45) is 1.97. The molecule has 7 heteroatoms. The number of carbonyl (C=O) groups excluding carboxylic acids is 1. The number of imidazole rings is 1. The minimum Gasteiger partial charge on any atom is -0.490 e. The molecule has 30 heavy (non-hydrogen) atoms. The second-order valence-corrected chi connectivity index (χ2v) is 7.62. The highest BCUT2D eigenvalue weighted by Crippen LogP contribution is 2.32. The summed E-state index contributed by atoms with van der Waals surface area (Å²) < 4.78 is 13.2. The zero-order valence-corrected chi connectivity index (χ0v) is 18.0. The number of nitrogens with zero attached hydrogens (tertiary/aromatic N) is 2. The van der Waals surface area contributed by atoms with Crippen molar-refractivity contribution in [3.05, 3.63) is 65.3 Å². The summed E-state index contributed by atoms with van der Waals surface area (Å²) in [6.45, 7) is 6.83. The van der Waals surface area contributed by atoms with E-state index in [4.69, 9.17) is 9.47 Å². The van der Waals surface area contributed by atoms with Gasteiger partial charge in [-0.2, -0.15) is 0 Å². The monoisotopic (exact) mass is 421 g/mol. The molecule has 1 amide bonds. The van der Waals surface area contributed by atoms with E-state index in [2.05, 4.69) is 10.3 Å². The van der Waals surface area contributed by atoms with Crippen LogP contribution in [0.3, 0.4) is 0 Å². The van der Waals surface area contributed by atoms with Gasteiger partial charge in [0.25, 0.3) is 5.91 Å². The molecule has 0 bridgehead atoms. The largest absolute Gasteiger partial charge is 0.490 e. The average molecular weight is 422 g/mol. The van der Waals surface area contributed by atoms with E-state index in [9.17, 15) is 4.79 Å². The third kappa shape index (κ3) is 3.89. The maximum absolute atomic E-state index is 12.9. The minimum absolute atomic E-state index is 0.170. The predicted octanol–water partition coefficient (Wildman–Crippen LogP) is 5.42. The molecule has 4 aromatic rings. The highest BCUT2D eigenvalue weighted by atomic mass is 32.1. The van der Waals surface area contributed by atoms with Crippen molar-refractivity contribution in [3.8, 4) is 22.8 Å². The van der Waals surface area contributed by atoms with Crippen molar-refractivity contribution in [1.82, 2.24) is 9.38 Å². The first-order valence-corrected chi connectivity index (χ1v) is 10.7. The predicted molar refractivity (Wildman–Crippen MR) is 120 cm³/mol. The van der Waals surface area contributed by atoms with E-state index >= 15 is 0 Å². The van der Waals surface area contributed by atoms with Crippen molar-refractivity contribution in [3.63, 3.8) is 0 Å². The molecular formula is C23H23N3O3S. The van der Waals surface area contributed by atoms with Crippen molar-refractivity contribution in [2.75, 3.05) is 18.5 Å². The number of anilines is 1. The first-order chi connectivity index (χ1) is 14.6. The molecule has 0 saturated carbocycles. The number of hydrogen-bond donors (Lipinski definition) is 1. The van der Waals surface area contributed by atoms with Crippen molar-refractivity contribution in [2.24, 2.45) is 0 Å². The van der Waals surface area contributed by atoms with E-state index < -0.39 is 0 Å². The Labute approximate surface area is 179 Å². The molecule has 0 unspecified atom stereocenters. The van der Waals surface area contributed by atoms with Crippen LogP contribution in [-0.2, 0) is 0 Å². The Hall–Kier alpha value is -3.32. The summed E-state index contributed by atoms with van der Waals surface area (Å²) in [5.74, 6) is 1.11. The zero-order valence-electron chi connectivity index (χ0n) is 17.1. The zero-order chi connectivity index (χ0) is 21.1. The Kier molecular flexibility index (Phi) is 5.72. The molecule has 0 radical (unpaired) electrons. The van der Waals surface area contributed by atoms with Crippen LogP contribution in [0.4, 0.5) is 5.69 Å². The van der Waals surface area contributed by atoms with Crippen LogP contribution in [0.25, 0.3) is 16.2 Å². The molecule has 0 aliphatic rings. The topological polar surface area (TPSA) is 64.9 Å². The van der Waals surface area contributed by atoms with Crippen LogP contribution in [-0.4, -0.2) is 28.5 Å². The van der Waals surface area contributed by atoms with E-state index in [-0.39, 0.29) is 5.91 Å². The highest BCUT2D eigenvalue weighted by Gasteiger charge is 2.19. The maximum atomic E-state index is 12.9. The Bertz CT molecular complexity index is 1180. The standard InChI is InChI=1S/C23H23N3O3S/c1-4-28-19-12-11-17(13-20(19)29-5-2)24-22(27)21-15(3)26-14-18(25-23(26)30-21)16-9-7-6-8-10-16/h6-14H,4-5H2,1-3H3,(H,24,27). The lowest BCUT2D eigenvalue weighted by Gasteiger charge is -2.13. The number of benzene rings is 2. The summed E-state index contributed by atoms with van der Waals surface area (Å²) in [7, 11) is 0. The molecule has 2 aromatic heterocycles. The van der Waals surface area contributed by atoms with E-state index in [1.54, 1.807) is 6.07 Å². The molecule has 1 N–H and O–H groups in total. The van der Waals surface area contributed by atoms with Gasteiger partial charge in [-0.1, -0.05) is 41.7 Å². The quantitative estimate of drug-likeness (QED) is 0.433. The van der Waals surface area contributed by atoms with Crippen LogP contribution in [0.2, 0.25) is 0 Å². The molecule has 0 saturated heterocycles. The molecule has 0 spiro atoms. The molecule has 154 valence electrons. The molecule has 0 aliphatic carbocycles. The fourth-order valence-electron chi connectivity index (χ4n) is 3.23. The molecule has 0 atom stereocenters. The van der Waals surface area contributed by atoms with Crippen molar-refractivity contribution in [1.29, 1.82) is 0 Å². The lowest BCUT2D eigenvalue weighted by molar-refractivity contribution is 0.102. The van der Waals surface area contributed by atoms with Crippen LogP contribution >= 0.6 is 11.3 Å². The van der Waals surface area contributed by atoms with E-state index in [1.807, 2.05) is 73.8 Å². The molecule has 2 heterocycles. The number of nitrogens with one attached hydrogen (secondary N) is 1. The Morgan fingerprint density at radius 2 is 1.80 bits per heavy atom. The number of hydrogen-bond acceptors (Lipinski definition) is 5.